The van der Waals surface area contributed by atoms with E-state index in [-0.39, 0.29) is 0 Å². The quantitative estimate of drug-likeness (QED) is 0.452. The van der Waals surface area contributed by atoms with Gasteiger partial charge in [0.2, 0.25) is 0 Å². The second-order valence-corrected chi connectivity index (χ2v) is 7.14. The Morgan fingerprint density at radius 3 is 2.68 bits per heavy atom. The Hall–Kier alpha value is -2.45. The molecule has 2 aromatic carbocycles. The first-order valence-corrected chi connectivity index (χ1v) is 9.32. The van der Waals surface area contributed by atoms with E-state index in [2.05, 4.69) is 59.8 Å². The molecule has 0 aliphatic rings. The van der Waals surface area contributed by atoms with Gasteiger partial charge in [-0.05, 0) is 36.8 Å². The van der Waals surface area contributed by atoms with Crippen LogP contribution in [0.1, 0.15) is 25.0 Å². The number of nitrogens with zero attached hydrogens (tertiary/aromatic N) is 2. The van der Waals surface area contributed by atoms with Crippen LogP contribution in [0, 0.1) is 11.3 Å². The zero-order valence-electron chi connectivity index (χ0n) is 14.7. The largest absolute Gasteiger partial charge is 0.357 e. The molecular formula is C20H24N4S. The number of aliphatic imine (C=N–C) groups is 1. The molecule has 5 heteroatoms. The molecule has 0 heterocycles. The Labute approximate surface area is 154 Å². The maximum atomic E-state index is 8.98. The predicted molar refractivity (Wildman–Crippen MR) is 106 cm³/mol. The fourth-order valence-electron chi connectivity index (χ4n) is 2.26. The third-order valence-electron chi connectivity index (χ3n) is 3.46. The molecule has 2 rings (SSSR count). The molecule has 0 aliphatic heterocycles. The van der Waals surface area contributed by atoms with Crippen LogP contribution in [-0.2, 0) is 6.54 Å². The van der Waals surface area contributed by atoms with Crippen LogP contribution in [0.3, 0.4) is 0 Å². The lowest BCUT2D eigenvalue weighted by molar-refractivity contribution is 0.794. The molecule has 0 amide bonds. The molecule has 4 nitrogen and oxygen atoms in total. The average Bonchev–Trinajstić information content (AvgIpc) is 2.65. The molecule has 1 unspecified atom stereocenters. The average molecular weight is 353 g/mol. The van der Waals surface area contributed by atoms with E-state index in [0.29, 0.717) is 17.4 Å². The molecule has 0 aromatic heterocycles. The van der Waals surface area contributed by atoms with Crippen molar-refractivity contribution in [2.24, 2.45) is 4.99 Å². The number of thioether (sulfide) groups is 1. The van der Waals surface area contributed by atoms with Crippen molar-refractivity contribution in [2.45, 2.75) is 30.5 Å². The second kappa shape index (κ2) is 10.4. The molecule has 2 aromatic rings. The van der Waals surface area contributed by atoms with Crippen molar-refractivity contribution in [2.75, 3.05) is 13.1 Å². The van der Waals surface area contributed by atoms with E-state index in [1.807, 2.05) is 36.0 Å². The molecular weight excluding hydrogens is 328 g/mol. The van der Waals surface area contributed by atoms with Crippen molar-refractivity contribution in [1.29, 1.82) is 5.26 Å². The maximum Gasteiger partial charge on any atom is 0.191 e. The number of benzene rings is 2. The highest BCUT2D eigenvalue weighted by molar-refractivity contribution is 8.00. The highest BCUT2D eigenvalue weighted by Crippen LogP contribution is 2.21. The minimum Gasteiger partial charge on any atom is -0.357 e. The summed E-state index contributed by atoms with van der Waals surface area (Å²) < 4.78 is 0. The summed E-state index contributed by atoms with van der Waals surface area (Å²) in [7, 11) is 0. The molecule has 2 N–H and O–H groups in total. The van der Waals surface area contributed by atoms with Crippen LogP contribution in [0.5, 0.6) is 0 Å². The van der Waals surface area contributed by atoms with Crippen molar-refractivity contribution in [3.63, 3.8) is 0 Å². The second-order valence-electron chi connectivity index (χ2n) is 5.63. The summed E-state index contributed by atoms with van der Waals surface area (Å²) >= 11 is 1.84. The van der Waals surface area contributed by atoms with E-state index in [4.69, 9.17) is 5.26 Å². The summed E-state index contributed by atoms with van der Waals surface area (Å²) in [5, 5.41) is 16.1. The molecule has 0 aliphatic carbocycles. The minimum atomic E-state index is 0.424. The number of hydrogen-bond donors (Lipinski definition) is 2. The van der Waals surface area contributed by atoms with Crippen LogP contribution in [0.4, 0.5) is 0 Å². The van der Waals surface area contributed by atoms with Gasteiger partial charge in [0.1, 0.15) is 0 Å². The molecule has 0 fully saturated rings. The van der Waals surface area contributed by atoms with Crippen LogP contribution in [-0.4, -0.2) is 24.3 Å². The SMILES string of the molecule is CCNC(=NCc1cccc(C#N)c1)NCC(C)Sc1ccccc1. The van der Waals surface area contributed by atoms with Crippen LogP contribution in [0.15, 0.2) is 64.5 Å². The van der Waals surface area contributed by atoms with Crippen molar-refractivity contribution in [1.82, 2.24) is 10.6 Å². The van der Waals surface area contributed by atoms with Crippen molar-refractivity contribution < 1.29 is 0 Å². The van der Waals surface area contributed by atoms with Gasteiger partial charge in [-0.25, -0.2) is 4.99 Å². The summed E-state index contributed by atoms with van der Waals surface area (Å²) in [6, 6.07) is 20.1. The summed E-state index contributed by atoms with van der Waals surface area (Å²) in [5.74, 6) is 0.797. The Balaban J connectivity index is 1.89. The van der Waals surface area contributed by atoms with Gasteiger partial charge in [0, 0.05) is 23.2 Å². The Bertz CT molecular complexity index is 722. The van der Waals surface area contributed by atoms with Gasteiger partial charge in [-0.2, -0.15) is 5.26 Å². The first-order valence-electron chi connectivity index (χ1n) is 8.44. The molecule has 1 atom stereocenters. The Kier molecular flexibility index (Phi) is 7.87. The van der Waals surface area contributed by atoms with Crippen molar-refractivity contribution >= 4 is 17.7 Å². The van der Waals surface area contributed by atoms with E-state index in [0.717, 1.165) is 24.6 Å². The summed E-state index contributed by atoms with van der Waals surface area (Å²) in [6.45, 7) is 6.43. The lowest BCUT2D eigenvalue weighted by atomic mass is 10.1. The van der Waals surface area contributed by atoms with Gasteiger partial charge < -0.3 is 10.6 Å². The van der Waals surface area contributed by atoms with Crippen LogP contribution in [0.2, 0.25) is 0 Å². The maximum absolute atomic E-state index is 8.98. The topological polar surface area (TPSA) is 60.2 Å². The Morgan fingerprint density at radius 2 is 1.96 bits per heavy atom. The Morgan fingerprint density at radius 1 is 1.16 bits per heavy atom. The van der Waals surface area contributed by atoms with Gasteiger partial charge in [-0.3, -0.25) is 0 Å². The number of nitriles is 1. The van der Waals surface area contributed by atoms with Crippen LogP contribution < -0.4 is 10.6 Å². The molecule has 130 valence electrons. The molecule has 0 bridgehead atoms. The smallest absolute Gasteiger partial charge is 0.191 e. The summed E-state index contributed by atoms with van der Waals surface area (Å²) in [6.07, 6.45) is 0. The monoisotopic (exact) mass is 352 g/mol. The van der Waals surface area contributed by atoms with Gasteiger partial charge >= 0.3 is 0 Å². The number of nitrogens with one attached hydrogen (secondary N) is 2. The fourth-order valence-corrected chi connectivity index (χ4v) is 3.21. The number of guanidine groups is 1. The van der Waals surface area contributed by atoms with Crippen LogP contribution in [0.25, 0.3) is 0 Å². The lowest BCUT2D eigenvalue weighted by Crippen LogP contribution is -2.40. The third-order valence-corrected chi connectivity index (χ3v) is 4.57. The highest BCUT2D eigenvalue weighted by atomic mass is 32.2. The number of hydrogen-bond acceptors (Lipinski definition) is 3. The number of rotatable bonds is 7. The normalized spacial score (nSPS) is 12.3. The van der Waals surface area contributed by atoms with Crippen molar-refractivity contribution in [3.8, 4) is 6.07 Å². The van der Waals surface area contributed by atoms with Crippen molar-refractivity contribution in [3.05, 3.63) is 65.7 Å². The van der Waals surface area contributed by atoms with Crippen LogP contribution >= 0.6 is 11.8 Å². The van der Waals surface area contributed by atoms with E-state index in [1.54, 1.807) is 6.07 Å². The molecule has 0 radical (unpaired) electrons. The molecule has 0 spiro atoms. The van der Waals surface area contributed by atoms with E-state index < -0.39 is 0 Å². The minimum absolute atomic E-state index is 0.424. The van der Waals surface area contributed by atoms with E-state index in [1.165, 1.54) is 4.90 Å². The fraction of sp³-hybridized carbons (Fsp3) is 0.300. The van der Waals surface area contributed by atoms with E-state index in [9.17, 15) is 0 Å². The first kappa shape index (κ1) is 18.9. The third kappa shape index (κ3) is 6.90. The summed E-state index contributed by atoms with van der Waals surface area (Å²) in [5.41, 5.74) is 1.70. The standard InChI is InChI=1S/C20H24N4S/c1-3-22-20(24-15-18-9-7-8-17(12-18)13-21)23-14-16(2)25-19-10-5-4-6-11-19/h4-12,16H,3,14-15H2,1-2H3,(H2,22,23,24). The first-order chi connectivity index (χ1) is 12.2. The zero-order chi connectivity index (χ0) is 17.9. The molecule has 25 heavy (non-hydrogen) atoms. The van der Waals surface area contributed by atoms with E-state index >= 15 is 0 Å². The molecule has 0 saturated carbocycles. The zero-order valence-corrected chi connectivity index (χ0v) is 15.5. The van der Waals surface area contributed by atoms with Gasteiger partial charge in [0.15, 0.2) is 5.96 Å². The van der Waals surface area contributed by atoms with Gasteiger partial charge in [-0.1, -0.05) is 37.3 Å². The summed E-state index contributed by atoms with van der Waals surface area (Å²) in [4.78, 5) is 5.88. The van der Waals surface area contributed by atoms with Gasteiger partial charge in [0.05, 0.1) is 18.2 Å². The lowest BCUT2D eigenvalue weighted by Gasteiger charge is -2.15. The molecule has 0 saturated heterocycles. The highest BCUT2D eigenvalue weighted by Gasteiger charge is 2.06. The van der Waals surface area contributed by atoms with Gasteiger partial charge in [-0.15, -0.1) is 11.8 Å². The predicted octanol–water partition coefficient (Wildman–Crippen LogP) is 3.79. The van der Waals surface area contributed by atoms with Gasteiger partial charge in [0.25, 0.3) is 0 Å².